The van der Waals surface area contributed by atoms with Crippen LogP contribution in [0.5, 0.6) is 0 Å². The third kappa shape index (κ3) is 1.45. The maximum Gasteiger partial charge on any atom is 0.140 e. The van der Waals surface area contributed by atoms with Gasteiger partial charge in [-0.1, -0.05) is 13.8 Å². The molecule has 1 aliphatic rings. The quantitative estimate of drug-likeness (QED) is 0.519. The van der Waals surface area contributed by atoms with E-state index in [4.69, 9.17) is 0 Å². The first kappa shape index (κ1) is 7.92. The van der Waals surface area contributed by atoms with Gasteiger partial charge in [0.05, 0.1) is 0 Å². The molecule has 0 aromatic carbocycles. The molecule has 1 saturated heterocycles. The molecule has 0 saturated carbocycles. The van der Waals surface area contributed by atoms with E-state index in [2.05, 4.69) is 0 Å². The molecule has 58 valence electrons. The molecule has 0 radical (unpaired) electrons. The van der Waals surface area contributed by atoms with Gasteiger partial charge in [0, 0.05) is 34.1 Å². The van der Waals surface area contributed by atoms with Crippen molar-refractivity contribution in [3.63, 3.8) is 0 Å². The van der Waals surface area contributed by atoms with Gasteiger partial charge >= 0.3 is 0 Å². The van der Waals surface area contributed by atoms with Crippen LogP contribution in [0.2, 0.25) is 0 Å². The zero-order chi connectivity index (χ0) is 7.72. The Hall–Kier alpha value is -0.180. The molecule has 0 aromatic rings. The van der Waals surface area contributed by atoms with Crippen molar-refractivity contribution in [2.75, 3.05) is 11.5 Å². The van der Waals surface area contributed by atoms with Crippen molar-refractivity contribution < 1.29 is 9.00 Å². The number of hydrogen-bond acceptors (Lipinski definition) is 2. The summed E-state index contributed by atoms with van der Waals surface area (Å²) in [5.74, 6) is 1.46. The summed E-state index contributed by atoms with van der Waals surface area (Å²) in [6.45, 7) is 3.71. The fraction of sp³-hybridized carbons (Fsp3) is 0.857. The monoisotopic (exact) mass is 160 g/mol. The van der Waals surface area contributed by atoms with Crippen LogP contribution in [0.4, 0.5) is 0 Å². The van der Waals surface area contributed by atoms with Crippen LogP contribution in [0.25, 0.3) is 0 Å². The normalized spacial score (nSPS) is 41.8. The first-order chi connectivity index (χ1) is 4.61. The van der Waals surface area contributed by atoms with Gasteiger partial charge < -0.3 is 0 Å². The Labute approximate surface area is 63.5 Å². The number of carbonyl (C=O) groups is 1. The molecule has 0 bridgehead atoms. The van der Waals surface area contributed by atoms with Crippen LogP contribution in [0.1, 0.15) is 13.8 Å². The van der Waals surface area contributed by atoms with E-state index in [1.807, 2.05) is 13.8 Å². The SMILES string of the molecule is CC1CS(=O)CC(C)C1=O. The summed E-state index contributed by atoms with van der Waals surface area (Å²) in [6.07, 6.45) is 0. The highest BCUT2D eigenvalue weighted by Crippen LogP contribution is 2.16. The van der Waals surface area contributed by atoms with Crippen molar-refractivity contribution in [2.24, 2.45) is 11.8 Å². The van der Waals surface area contributed by atoms with Gasteiger partial charge in [-0.3, -0.25) is 9.00 Å². The van der Waals surface area contributed by atoms with Crippen LogP contribution in [0, 0.1) is 11.8 Å². The molecule has 0 spiro atoms. The molecule has 0 aliphatic carbocycles. The first-order valence-corrected chi connectivity index (χ1v) is 4.98. The summed E-state index contributed by atoms with van der Waals surface area (Å²) >= 11 is 0. The van der Waals surface area contributed by atoms with E-state index in [0.717, 1.165) is 0 Å². The summed E-state index contributed by atoms with van der Waals surface area (Å²) in [7, 11) is -0.742. The molecule has 1 rings (SSSR count). The molecule has 0 aromatic heterocycles. The summed E-state index contributed by atoms with van der Waals surface area (Å²) in [4.78, 5) is 11.1. The zero-order valence-corrected chi connectivity index (χ0v) is 7.11. The molecule has 2 nitrogen and oxygen atoms in total. The summed E-state index contributed by atoms with van der Waals surface area (Å²) in [5, 5.41) is 0. The van der Waals surface area contributed by atoms with E-state index < -0.39 is 10.8 Å². The summed E-state index contributed by atoms with van der Waals surface area (Å²) in [6, 6.07) is 0. The molecule has 2 unspecified atom stereocenters. The second-order valence-electron chi connectivity index (χ2n) is 2.98. The largest absolute Gasteiger partial charge is 0.299 e. The predicted octanol–water partition coefficient (Wildman–Crippen LogP) is 0.590. The first-order valence-electron chi connectivity index (χ1n) is 3.50. The molecule has 3 heteroatoms. The van der Waals surface area contributed by atoms with Gasteiger partial charge in [0.2, 0.25) is 0 Å². The van der Waals surface area contributed by atoms with E-state index in [1.165, 1.54) is 0 Å². The Morgan fingerprint density at radius 1 is 1.30 bits per heavy atom. The molecule has 1 heterocycles. The summed E-state index contributed by atoms with van der Waals surface area (Å²) < 4.78 is 11.0. The number of ketones is 1. The molecular weight excluding hydrogens is 148 g/mol. The van der Waals surface area contributed by atoms with E-state index >= 15 is 0 Å². The lowest BCUT2D eigenvalue weighted by atomic mass is 9.98. The van der Waals surface area contributed by atoms with Crippen LogP contribution in [0.3, 0.4) is 0 Å². The van der Waals surface area contributed by atoms with E-state index in [0.29, 0.717) is 11.5 Å². The zero-order valence-electron chi connectivity index (χ0n) is 6.29. The van der Waals surface area contributed by atoms with Crippen molar-refractivity contribution in [2.45, 2.75) is 13.8 Å². The highest BCUT2D eigenvalue weighted by atomic mass is 32.2. The van der Waals surface area contributed by atoms with Gasteiger partial charge in [-0.25, -0.2) is 0 Å². The number of carbonyl (C=O) groups excluding carboxylic acids is 1. The van der Waals surface area contributed by atoms with Crippen molar-refractivity contribution >= 4 is 16.6 Å². The topological polar surface area (TPSA) is 34.1 Å². The van der Waals surface area contributed by atoms with E-state index in [-0.39, 0.29) is 17.6 Å². The second-order valence-corrected chi connectivity index (χ2v) is 4.52. The Kier molecular flexibility index (Phi) is 2.24. The van der Waals surface area contributed by atoms with Gasteiger partial charge in [-0.05, 0) is 0 Å². The summed E-state index contributed by atoms with van der Waals surface area (Å²) in [5.41, 5.74) is 0. The van der Waals surface area contributed by atoms with Gasteiger partial charge in [-0.15, -0.1) is 0 Å². The fourth-order valence-corrected chi connectivity index (χ4v) is 2.86. The second kappa shape index (κ2) is 2.82. The van der Waals surface area contributed by atoms with Crippen molar-refractivity contribution in [1.29, 1.82) is 0 Å². The molecule has 0 N–H and O–H groups in total. The van der Waals surface area contributed by atoms with Gasteiger partial charge in [0.25, 0.3) is 0 Å². The Balaban J connectivity index is 2.66. The van der Waals surface area contributed by atoms with Crippen LogP contribution in [-0.2, 0) is 15.6 Å². The van der Waals surface area contributed by atoms with Crippen LogP contribution in [-0.4, -0.2) is 21.5 Å². The minimum atomic E-state index is -0.742. The van der Waals surface area contributed by atoms with Crippen LogP contribution < -0.4 is 0 Å². The van der Waals surface area contributed by atoms with Gasteiger partial charge in [0.1, 0.15) is 5.78 Å². The smallest absolute Gasteiger partial charge is 0.140 e. The predicted molar refractivity (Wildman–Crippen MR) is 41.2 cm³/mol. The molecular formula is C7H12O2S. The lowest BCUT2D eigenvalue weighted by Gasteiger charge is -2.21. The third-order valence-electron chi connectivity index (χ3n) is 1.84. The third-order valence-corrected chi connectivity index (χ3v) is 3.59. The average Bonchev–Trinajstić information content (AvgIpc) is 1.82. The van der Waals surface area contributed by atoms with E-state index in [9.17, 15) is 9.00 Å². The van der Waals surface area contributed by atoms with Crippen molar-refractivity contribution in [1.82, 2.24) is 0 Å². The number of Topliss-reactive ketones (excluding diaryl/α,β-unsaturated/α-hetero) is 1. The lowest BCUT2D eigenvalue weighted by molar-refractivity contribution is -0.124. The van der Waals surface area contributed by atoms with Gasteiger partial charge in [0.15, 0.2) is 0 Å². The fourth-order valence-electron chi connectivity index (χ4n) is 1.28. The molecule has 10 heavy (non-hydrogen) atoms. The van der Waals surface area contributed by atoms with Gasteiger partial charge in [-0.2, -0.15) is 0 Å². The molecule has 1 fully saturated rings. The van der Waals surface area contributed by atoms with Crippen molar-refractivity contribution in [3.05, 3.63) is 0 Å². The van der Waals surface area contributed by atoms with Crippen LogP contribution >= 0.6 is 0 Å². The standard InChI is InChI=1S/C7H12O2S/c1-5-3-10(9)4-6(2)7(5)8/h5-6H,3-4H2,1-2H3. The Morgan fingerprint density at radius 3 is 2.10 bits per heavy atom. The molecule has 0 amide bonds. The minimum Gasteiger partial charge on any atom is -0.299 e. The van der Waals surface area contributed by atoms with E-state index in [1.54, 1.807) is 0 Å². The molecule has 1 aliphatic heterocycles. The average molecular weight is 160 g/mol. The van der Waals surface area contributed by atoms with Crippen molar-refractivity contribution in [3.8, 4) is 0 Å². The molecule has 2 atom stereocenters. The highest BCUT2D eigenvalue weighted by Gasteiger charge is 2.28. The Bertz CT molecular complexity index is 160. The maximum absolute atomic E-state index is 11.1. The number of rotatable bonds is 0. The Morgan fingerprint density at radius 2 is 1.70 bits per heavy atom. The highest BCUT2D eigenvalue weighted by molar-refractivity contribution is 7.85. The lowest BCUT2D eigenvalue weighted by Crippen LogP contribution is -2.34. The minimum absolute atomic E-state index is 0.0181. The van der Waals surface area contributed by atoms with Crippen LogP contribution in [0.15, 0.2) is 0 Å². The number of hydrogen-bond donors (Lipinski definition) is 0. The maximum atomic E-state index is 11.1.